The van der Waals surface area contributed by atoms with Gasteiger partial charge in [-0.2, -0.15) is 0 Å². The van der Waals surface area contributed by atoms with Crippen molar-refractivity contribution in [1.82, 2.24) is 14.5 Å². The fourth-order valence-electron chi connectivity index (χ4n) is 2.46. The van der Waals surface area contributed by atoms with Gasteiger partial charge in [0.2, 0.25) is 0 Å². The zero-order valence-corrected chi connectivity index (χ0v) is 12.5. The Labute approximate surface area is 123 Å². The number of rotatable bonds is 2. The van der Waals surface area contributed by atoms with Crippen molar-refractivity contribution >= 4 is 44.5 Å². The summed E-state index contributed by atoms with van der Waals surface area (Å²) in [6.45, 7) is 0. The van der Waals surface area contributed by atoms with Gasteiger partial charge in [0.05, 0.1) is 18.4 Å². The van der Waals surface area contributed by atoms with E-state index in [0.717, 1.165) is 28.3 Å². The molecule has 1 saturated carbocycles. The van der Waals surface area contributed by atoms with Crippen LogP contribution in [-0.4, -0.2) is 27.6 Å². The van der Waals surface area contributed by atoms with E-state index in [0.29, 0.717) is 5.15 Å². The molecule has 0 saturated heterocycles. The van der Waals surface area contributed by atoms with E-state index in [2.05, 4.69) is 25.9 Å². The zero-order chi connectivity index (χ0) is 13.6. The van der Waals surface area contributed by atoms with Crippen molar-refractivity contribution < 1.29 is 9.53 Å². The molecule has 7 heteroatoms. The summed E-state index contributed by atoms with van der Waals surface area (Å²) in [5.41, 5.74) is 0.792. The third-order valence-corrected chi connectivity index (χ3v) is 4.45. The quantitative estimate of drug-likeness (QED) is 0.621. The first kappa shape index (κ1) is 12.9. The maximum absolute atomic E-state index is 11.4. The summed E-state index contributed by atoms with van der Waals surface area (Å²) in [5, 5.41) is 1.24. The number of fused-ring (bicyclic) bond motifs is 1. The molecule has 0 spiro atoms. The largest absolute Gasteiger partial charge is 0.469 e. The van der Waals surface area contributed by atoms with Crippen molar-refractivity contribution in [3.63, 3.8) is 0 Å². The first-order chi connectivity index (χ1) is 9.11. The number of hydrogen-bond acceptors (Lipinski definition) is 4. The maximum atomic E-state index is 11.4. The number of carbonyl (C=O) groups excluding carboxylic acids is 1. The van der Waals surface area contributed by atoms with Gasteiger partial charge in [-0.05, 0) is 28.8 Å². The Morgan fingerprint density at radius 1 is 1.53 bits per heavy atom. The van der Waals surface area contributed by atoms with Gasteiger partial charge >= 0.3 is 5.97 Å². The zero-order valence-electron chi connectivity index (χ0n) is 10.1. The van der Waals surface area contributed by atoms with Gasteiger partial charge in [0.1, 0.15) is 17.1 Å². The van der Waals surface area contributed by atoms with Crippen LogP contribution in [0.15, 0.2) is 17.0 Å². The van der Waals surface area contributed by atoms with Crippen LogP contribution in [0.1, 0.15) is 18.9 Å². The second kappa shape index (κ2) is 4.76. The minimum atomic E-state index is -0.139. The Balaban J connectivity index is 1.92. The van der Waals surface area contributed by atoms with E-state index in [-0.39, 0.29) is 17.9 Å². The molecule has 2 heterocycles. The monoisotopic (exact) mass is 343 g/mol. The number of ether oxygens (including phenoxy) is 1. The molecule has 5 nitrogen and oxygen atoms in total. The van der Waals surface area contributed by atoms with Gasteiger partial charge in [0.25, 0.3) is 0 Å². The van der Waals surface area contributed by atoms with Crippen LogP contribution in [0.2, 0.25) is 5.15 Å². The molecule has 2 aromatic heterocycles. The van der Waals surface area contributed by atoms with E-state index in [9.17, 15) is 4.79 Å². The smallest absolute Gasteiger partial charge is 0.308 e. The van der Waals surface area contributed by atoms with Crippen molar-refractivity contribution in [3.8, 4) is 0 Å². The van der Waals surface area contributed by atoms with Gasteiger partial charge in [-0.15, -0.1) is 0 Å². The van der Waals surface area contributed by atoms with E-state index in [1.807, 2.05) is 10.8 Å². The van der Waals surface area contributed by atoms with Gasteiger partial charge in [-0.25, -0.2) is 9.97 Å². The van der Waals surface area contributed by atoms with Crippen molar-refractivity contribution in [2.24, 2.45) is 5.92 Å². The van der Waals surface area contributed by atoms with Crippen LogP contribution in [0.3, 0.4) is 0 Å². The summed E-state index contributed by atoms with van der Waals surface area (Å²) in [6, 6.07) is 0.254. The lowest BCUT2D eigenvalue weighted by molar-refractivity contribution is -0.149. The molecule has 3 rings (SSSR count). The number of methoxy groups -OCH3 is 1. The summed E-state index contributed by atoms with van der Waals surface area (Å²) in [6.07, 6.45) is 4.93. The fourth-order valence-corrected chi connectivity index (χ4v) is 3.39. The third kappa shape index (κ3) is 2.03. The molecule has 0 atom stereocenters. The van der Waals surface area contributed by atoms with Gasteiger partial charge in [-0.1, -0.05) is 11.6 Å². The maximum Gasteiger partial charge on any atom is 0.308 e. The first-order valence-corrected chi connectivity index (χ1v) is 7.03. The highest BCUT2D eigenvalue weighted by Crippen LogP contribution is 2.42. The predicted molar refractivity (Wildman–Crippen MR) is 74.0 cm³/mol. The Hall–Kier alpha value is -1.14. The van der Waals surface area contributed by atoms with Gasteiger partial charge < -0.3 is 9.30 Å². The molecule has 0 aliphatic heterocycles. The Morgan fingerprint density at radius 3 is 2.95 bits per heavy atom. The number of aromatic nitrogens is 3. The molecule has 0 N–H and O–H groups in total. The summed E-state index contributed by atoms with van der Waals surface area (Å²) in [5.74, 6) is -0.150. The number of hydrogen-bond donors (Lipinski definition) is 0. The van der Waals surface area contributed by atoms with Gasteiger partial charge in [0, 0.05) is 16.7 Å². The highest BCUT2D eigenvalue weighted by molar-refractivity contribution is 9.10. The van der Waals surface area contributed by atoms with Crippen LogP contribution < -0.4 is 0 Å². The third-order valence-electron chi connectivity index (χ3n) is 3.56. The van der Waals surface area contributed by atoms with Crippen LogP contribution in [0, 0.1) is 5.92 Å². The number of halogens is 2. The highest BCUT2D eigenvalue weighted by Gasteiger charge is 2.37. The van der Waals surface area contributed by atoms with Crippen LogP contribution in [0.4, 0.5) is 0 Å². The topological polar surface area (TPSA) is 57.0 Å². The van der Waals surface area contributed by atoms with Crippen LogP contribution in [0.5, 0.6) is 0 Å². The molecule has 1 fully saturated rings. The van der Waals surface area contributed by atoms with Crippen molar-refractivity contribution in [3.05, 3.63) is 22.1 Å². The molecule has 19 heavy (non-hydrogen) atoms. The Kier molecular flexibility index (Phi) is 3.22. The minimum absolute atomic E-state index is 0.0106. The lowest BCUT2D eigenvalue weighted by atomic mass is 9.80. The Bertz CT molecular complexity index is 652. The average Bonchev–Trinajstić information content (AvgIpc) is 2.66. The SMILES string of the molecule is COC(=O)C1CC(n2cc(Br)c3c(Cl)ncnc32)C1. The van der Waals surface area contributed by atoms with Crippen LogP contribution in [-0.2, 0) is 9.53 Å². The standard InChI is InChI=1S/C12H11BrClN3O2/c1-19-12(18)6-2-7(3-6)17-4-8(13)9-10(14)15-5-16-11(9)17/h4-7H,2-3H2,1H3. The summed E-state index contributed by atoms with van der Waals surface area (Å²) < 4.78 is 7.66. The molecule has 0 bridgehead atoms. The van der Waals surface area contributed by atoms with Crippen molar-refractivity contribution in [2.45, 2.75) is 18.9 Å². The van der Waals surface area contributed by atoms with Gasteiger partial charge in [0.15, 0.2) is 0 Å². The lowest BCUT2D eigenvalue weighted by Gasteiger charge is -2.34. The average molecular weight is 345 g/mol. The molecule has 0 aromatic carbocycles. The first-order valence-electron chi connectivity index (χ1n) is 5.86. The molecule has 100 valence electrons. The second-order valence-electron chi connectivity index (χ2n) is 4.59. The van der Waals surface area contributed by atoms with Crippen LogP contribution >= 0.6 is 27.5 Å². The number of carbonyl (C=O) groups is 1. The normalized spacial score (nSPS) is 22.3. The second-order valence-corrected chi connectivity index (χ2v) is 5.81. The van der Waals surface area contributed by atoms with Crippen molar-refractivity contribution in [1.29, 1.82) is 0 Å². The minimum Gasteiger partial charge on any atom is -0.469 e. The van der Waals surface area contributed by atoms with Gasteiger partial charge in [-0.3, -0.25) is 4.79 Å². The highest BCUT2D eigenvalue weighted by atomic mass is 79.9. The Morgan fingerprint density at radius 2 is 2.26 bits per heavy atom. The van der Waals surface area contributed by atoms with E-state index < -0.39 is 0 Å². The molecule has 0 radical (unpaired) electrons. The van der Waals surface area contributed by atoms with E-state index in [4.69, 9.17) is 16.3 Å². The predicted octanol–water partition coefficient (Wildman–Crippen LogP) is 2.97. The van der Waals surface area contributed by atoms with E-state index in [1.165, 1.54) is 13.4 Å². The summed E-state index contributed by atoms with van der Waals surface area (Å²) in [4.78, 5) is 19.7. The van der Waals surface area contributed by atoms with E-state index in [1.54, 1.807) is 0 Å². The number of esters is 1. The summed E-state index contributed by atoms with van der Waals surface area (Å²) >= 11 is 9.55. The lowest BCUT2D eigenvalue weighted by Crippen LogP contribution is -2.32. The molecular formula is C12H11BrClN3O2. The fraction of sp³-hybridized carbons (Fsp3) is 0.417. The van der Waals surface area contributed by atoms with E-state index >= 15 is 0 Å². The molecule has 2 aromatic rings. The molecule has 1 aliphatic rings. The molecule has 0 unspecified atom stereocenters. The molecule has 0 amide bonds. The number of nitrogens with zero attached hydrogens (tertiary/aromatic N) is 3. The molecule has 1 aliphatic carbocycles. The van der Waals surface area contributed by atoms with Crippen LogP contribution in [0.25, 0.3) is 11.0 Å². The van der Waals surface area contributed by atoms with Crippen molar-refractivity contribution in [2.75, 3.05) is 7.11 Å². The molecular weight excluding hydrogens is 334 g/mol. The summed E-state index contributed by atoms with van der Waals surface area (Å²) in [7, 11) is 1.42.